The number of nitrogens with zero attached hydrogens (tertiary/aromatic N) is 3. The van der Waals surface area contributed by atoms with E-state index in [-0.39, 0.29) is 36.9 Å². The van der Waals surface area contributed by atoms with Gasteiger partial charge in [0.2, 0.25) is 11.8 Å². The van der Waals surface area contributed by atoms with E-state index in [0.717, 1.165) is 33.9 Å². The van der Waals surface area contributed by atoms with Crippen molar-refractivity contribution in [3.05, 3.63) is 113 Å². The van der Waals surface area contributed by atoms with E-state index in [4.69, 9.17) is 16.3 Å². The monoisotopic (exact) mass is 527 g/mol. The van der Waals surface area contributed by atoms with Gasteiger partial charge in [0.25, 0.3) is 0 Å². The maximum absolute atomic E-state index is 14.2. The lowest BCUT2D eigenvalue weighted by atomic mass is 9.97. The van der Waals surface area contributed by atoms with Crippen LogP contribution in [0.2, 0.25) is 5.02 Å². The molecule has 2 amide bonds. The highest BCUT2D eigenvalue weighted by Gasteiger charge is 2.37. The number of hydrogen-bond donors (Lipinski definition) is 0. The summed E-state index contributed by atoms with van der Waals surface area (Å²) >= 11 is 6.19. The van der Waals surface area contributed by atoms with Gasteiger partial charge in [-0.2, -0.15) is 0 Å². The number of aromatic nitrogens is 1. The Labute approximate surface area is 228 Å². The molecule has 0 N–H and O–H groups in total. The molecular formula is C31H30ClN3O3. The minimum absolute atomic E-state index is 0.0359. The van der Waals surface area contributed by atoms with E-state index in [9.17, 15) is 9.59 Å². The minimum atomic E-state index is -0.365. The molecule has 3 aromatic carbocycles. The number of fused-ring (bicyclic) bond motifs is 3. The van der Waals surface area contributed by atoms with Gasteiger partial charge in [0.15, 0.2) is 0 Å². The number of carbonyl (C=O) groups excluding carboxylic acids is 2. The molecule has 1 unspecified atom stereocenters. The molecule has 7 heteroatoms. The van der Waals surface area contributed by atoms with Gasteiger partial charge in [0, 0.05) is 17.3 Å². The Morgan fingerprint density at radius 3 is 2.26 bits per heavy atom. The smallest absolute Gasteiger partial charge is 0.247 e. The molecule has 4 aromatic rings. The average Bonchev–Trinajstić information content (AvgIpc) is 3.41. The number of halogens is 1. The molecule has 0 radical (unpaired) electrons. The second kappa shape index (κ2) is 10.8. The van der Waals surface area contributed by atoms with Gasteiger partial charge in [-0.3, -0.25) is 14.5 Å². The number of anilines is 1. The molecule has 1 aliphatic heterocycles. The average molecular weight is 528 g/mol. The highest BCUT2D eigenvalue weighted by Crippen LogP contribution is 2.42. The Morgan fingerprint density at radius 1 is 0.921 bits per heavy atom. The number of carbonyl (C=O) groups is 2. The summed E-state index contributed by atoms with van der Waals surface area (Å²) in [5, 5.41) is 0.633. The van der Waals surface area contributed by atoms with Crippen molar-refractivity contribution in [2.24, 2.45) is 0 Å². The van der Waals surface area contributed by atoms with Crippen LogP contribution in [-0.4, -0.2) is 41.0 Å². The SMILES string of the molecule is COc1ccc(CC(=O)N(CC(=O)N2c3ccccc3-n3cccc3C2c2ccc(Cl)cc2)C(C)C)cc1. The van der Waals surface area contributed by atoms with Crippen LogP contribution in [0, 0.1) is 0 Å². The van der Waals surface area contributed by atoms with Crippen molar-refractivity contribution in [3.8, 4) is 11.4 Å². The van der Waals surface area contributed by atoms with Crippen molar-refractivity contribution in [2.45, 2.75) is 32.4 Å². The van der Waals surface area contributed by atoms with Crippen LogP contribution in [0.1, 0.15) is 36.7 Å². The number of amides is 2. The van der Waals surface area contributed by atoms with Gasteiger partial charge in [0.1, 0.15) is 18.3 Å². The molecule has 0 bridgehead atoms. The summed E-state index contributed by atoms with van der Waals surface area (Å²) in [6.07, 6.45) is 2.22. The van der Waals surface area contributed by atoms with Crippen molar-refractivity contribution in [3.63, 3.8) is 0 Å². The molecule has 38 heavy (non-hydrogen) atoms. The van der Waals surface area contributed by atoms with E-state index >= 15 is 0 Å². The summed E-state index contributed by atoms with van der Waals surface area (Å²) in [5.41, 5.74) is 4.51. The topological polar surface area (TPSA) is 54.8 Å². The molecule has 194 valence electrons. The summed E-state index contributed by atoms with van der Waals surface area (Å²) in [6.45, 7) is 3.84. The lowest BCUT2D eigenvalue weighted by molar-refractivity contribution is -0.136. The molecule has 5 rings (SSSR count). The lowest BCUT2D eigenvalue weighted by Gasteiger charge is -2.40. The fraction of sp³-hybridized carbons (Fsp3) is 0.226. The van der Waals surface area contributed by atoms with Gasteiger partial charge in [-0.1, -0.05) is 48.0 Å². The summed E-state index contributed by atoms with van der Waals surface area (Å²) in [5.74, 6) is 0.482. The summed E-state index contributed by atoms with van der Waals surface area (Å²) < 4.78 is 7.34. The third-order valence-corrected chi connectivity index (χ3v) is 7.19. The van der Waals surface area contributed by atoms with Crippen molar-refractivity contribution in [1.29, 1.82) is 0 Å². The first-order valence-electron chi connectivity index (χ1n) is 12.6. The normalized spacial score (nSPS) is 14.1. The zero-order valence-electron chi connectivity index (χ0n) is 21.7. The van der Waals surface area contributed by atoms with E-state index < -0.39 is 0 Å². The van der Waals surface area contributed by atoms with Gasteiger partial charge in [-0.15, -0.1) is 0 Å². The molecule has 0 fully saturated rings. The third kappa shape index (κ3) is 4.92. The Hall–Kier alpha value is -4.03. The highest BCUT2D eigenvalue weighted by atomic mass is 35.5. The largest absolute Gasteiger partial charge is 0.497 e. The maximum Gasteiger partial charge on any atom is 0.247 e. The maximum atomic E-state index is 14.2. The van der Waals surface area contributed by atoms with Gasteiger partial charge in [-0.05, 0) is 73.5 Å². The predicted octanol–water partition coefficient (Wildman–Crippen LogP) is 6.06. The molecule has 0 saturated carbocycles. The fourth-order valence-electron chi connectivity index (χ4n) is 5.02. The van der Waals surface area contributed by atoms with Crippen LogP contribution in [0.4, 0.5) is 5.69 Å². The first-order chi connectivity index (χ1) is 18.4. The summed E-state index contributed by atoms with van der Waals surface area (Å²) in [6, 6.07) is 26.4. The predicted molar refractivity (Wildman–Crippen MR) is 150 cm³/mol. The number of methoxy groups -OCH3 is 1. The molecule has 1 atom stereocenters. The minimum Gasteiger partial charge on any atom is -0.497 e. The summed E-state index contributed by atoms with van der Waals surface area (Å²) in [4.78, 5) is 31.1. The second-order valence-electron chi connectivity index (χ2n) is 9.65. The van der Waals surface area contributed by atoms with E-state index in [1.165, 1.54) is 0 Å². The number of ether oxygens (including phenoxy) is 1. The molecule has 0 spiro atoms. The van der Waals surface area contributed by atoms with Gasteiger partial charge in [0.05, 0.1) is 30.6 Å². The molecule has 1 aliphatic rings. The van der Waals surface area contributed by atoms with E-state index in [1.54, 1.807) is 12.0 Å². The standard InChI is InChI=1S/C31H30ClN3O3/c1-21(2)34(29(36)19-22-10-16-25(38-3)17-11-22)20-30(37)35-27-8-5-4-7-26(27)33-18-6-9-28(33)31(35)23-12-14-24(32)15-13-23/h4-18,21,31H,19-20H2,1-3H3. The zero-order valence-corrected chi connectivity index (χ0v) is 22.4. The van der Waals surface area contributed by atoms with Crippen LogP contribution in [0.25, 0.3) is 5.69 Å². The first-order valence-corrected chi connectivity index (χ1v) is 13.0. The van der Waals surface area contributed by atoms with Crippen LogP contribution in [0.3, 0.4) is 0 Å². The molecular weight excluding hydrogens is 498 g/mol. The van der Waals surface area contributed by atoms with Gasteiger partial charge >= 0.3 is 0 Å². The molecule has 6 nitrogen and oxygen atoms in total. The number of hydrogen-bond acceptors (Lipinski definition) is 3. The van der Waals surface area contributed by atoms with Crippen molar-refractivity contribution in [1.82, 2.24) is 9.47 Å². The number of rotatable bonds is 7. The quantitative estimate of drug-likeness (QED) is 0.294. The van der Waals surface area contributed by atoms with Crippen molar-refractivity contribution in [2.75, 3.05) is 18.6 Å². The van der Waals surface area contributed by atoms with Crippen LogP contribution < -0.4 is 9.64 Å². The Kier molecular flexibility index (Phi) is 7.25. The van der Waals surface area contributed by atoms with E-state index in [2.05, 4.69) is 4.57 Å². The highest BCUT2D eigenvalue weighted by molar-refractivity contribution is 6.30. The van der Waals surface area contributed by atoms with Crippen LogP contribution in [0.5, 0.6) is 5.75 Å². The van der Waals surface area contributed by atoms with Crippen molar-refractivity contribution < 1.29 is 14.3 Å². The Morgan fingerprint density at radius 2 is 1.61 bits per heavy atom. The fourth-order valence-corrected chi connectivity index (χ4v) is 5.15. The zero-order chi connectivity index (χ0) is 26.8. The molecule has 1 aromatic heterocycles. The first kappa shape index (κ1) is 25.6. The van der Waals surface area contributed by atoms with Crippen molar-refractivity contribution >= 4 is 29.1 Å². The van der Waals surface area contributed by atoms with Gasteiger partial charge < -0.3 is 14.2 Å². The molecule has 0 aliphatic carbocycles. The number of para-hydroxylation sites is 2. The van der Waals surface area contributed by atoms with E-state index in [0.29, 0.717) is 5.02 Å². The van der Waals surface area contributed by atoms with E-state index in [1.807, 2.05) is 110 Å². The van der Waals surface area contributed by atoms with Gasteiger partial charge in [-0.25, -0.2) is 0 Å². The number of benzene rings is 3. The van der Waals surface area contributed by atoms with Crippen LogP contribution >= 0.6 is 11.6 Å². The van der Waals surface area contributed by atoms with Crippen LogP contribution in [-0.2, 0) is 16.0 Å². The van der Waals surface area contributed by atoms with Crippen LogP contribution in [0.15, 0.2) is 91.1 Å². The lowest BCUT2D eigenvalue weighted by Crippen LogP contribution is -2.49. The third-order valence-electron chi connectivity index (χ3n) is 6.94. The second-order valence-corrected chi connectivity index (χ2v) is 10.1. The molecule has 0 saturated heterocycles. The Balaban J connectivity index is 1.49. The Bertz CT molecular complexity index is 1440. The molecule has 2 heterocycles. The summed E-state index contributed by atoms with van der Waals surface area (Å²) in [7, 11) is 1.61.